The molecule has 96 valence electrons. The average molecular weight is 301 g/mol. The molecule has 4 nitrogen and oxygen atoms in total. The number of nitrogens with two attached hydrogens (primary N) is 1. The summed E-state index contributed by atoms with van der Waals surface area (Å²) in [5, 5.41) is 8.19. The van der Waals surface area contributed by atoms with Gasteiger partial charge in [0.25, 0.3) is 0 Å². The summed E-state index contributed by atoms with van der Waals surface area (Å²) in [5.41, 5.74) is 6.99. The first-order chi connectivity index (χ1) is 8.22. The number of nitrogens with zero attached hydrogens (tertiary/aromatic N) is 2. The molecule has 1 atom stereocenters. The van der Waals surface area contributed by atoms with Crippen LogP contribution >= 0.6 is 15.9 Å². The van der Waals surface area contributed by atoms with E-state index in [-0.39, 0.29) is 0 Å². The van der Waals surface area contributed by atoms with E-state index < -0.39 is 0 Å². The highest BCUT2D eigenvalue weighted by molar-refractivity contribution is 9.10. The van der Waals surface area contributed by atoms with E-state index in [2.05, 4.69) is 39.8 Å². The van der Waals surface area contributed by atoms with E-state index in [4.69, 9.17) is 10.8 Å². The molecule has 1 aliphatic rings. The summed E-state index contributed by atoms with van der Waals surface area (Å²) in [4.78, 5) is 0. The molecule has 1 aromatic heterocycles. The molecule has 0 bridgehead atoms. The van der Waals surface area contributed by atoms with Crippen LogP contribution in [0.2, 0.25) is 0 Å². The fourth-order valence-electron chi connectivity index (χ4n) is 2.49. The van der Waals surface area contributed by atoms with Crippen molar-refractivity contribution in [3.05, 3.63) is 10.2 Å². The van der Waals surface area contributed by atoms with E-state index in [1.165, 1.54) is 5.69 Å². The fourth-order valence-corrected chi connectivity index (χ4v) is 3.21. The third-order valence-electron chi connectivity index (χ3n) is 3.64. The first-order valence-corrected chi connectivity index (χ1v) is 7.24. The van der Waals surface area contributed by atoms with Crippen molar-refractivity contribution >= 4 is 21.7 Å². The Hall–Kier alpha value is -0.550. The molecule has 2 rings (SSSR count). The van der Waals surface area contributed by atoms with Crippen molar-refractivity contribution in [2.24, 2.45) is 5.73 Å². The second kappa shape index (κ2) is 5.40. The van der Waals surface area contributed by atoms with Crippen LogP contribution in [0.4, 0.5) is 5.82 Å². The van der Waals surface area contributed by atoms with E-state index in [0.29, 0.717) is 18.5 Å². The molecule has 2 heterocycles. The highest BCUT2D eigenvalue weighted by Crippen LogP contribution is 2.37. The number of hydrogen-bond donors (Lipinski definition) is 2. The second-order valence-corrected chi connectivity index (χ2v) is 5.40. The Bertz CT molecular complexity index is 384. The summed E-state index contributed by atoms with van der Waals surface area (Å²) in [6, 6.07) is 0.339. The molecule has 0 radical (unpaired) electrons. The predicted octanol–water partition coefficient (Wildman–Crippen LogP) is 2.86. The normalized spacial score (nSPS) is 19.2. The Morgan fingerprint density at radius 2 is 2.24 bits per heavy atom. The lowest BCUT2D eigenvalue weighted by molar-refractivity contribution is 0.421. The number of rotatable bonds is 4. The van der Waals surface area contributed by atoms with E-state index in [1.54, 1.807) is 0 Å². The van der Waals surface area contributed by atoms with Crippen molar-refractivity contribution in [2.45, 2.75) is 45.1 Å². The van der Waals surface area contributed by atoms with Crippen LogP contribution in [0.25, 0.3) is 0 Å². The van der Waals surface area contributed by atoms with Crippen molar-refractivity contribution in [3.63, 3.8) is 0 Å². The molecule has 0 spiro atoms. The molecule has 0 amide bonds. The molecule has 0 saturated heterocycles. The van der Waals surface area contributed by atoms with Crippen LogP contribution in [-0.2, 0) is 0 Å². The van der Waals surface area contributed by atoms with Crippen molar-refractivity contribution in [3.8, 4) is 0 Å². The molecule has 5 heteroatoms. The summed E-state index contributed by atoms with van der Waals surface area (Å²) in [6.07, 6.45) is 3.30. The largest absolute Gasteiger partial charge is 0.369 e. The number of aromatic nitrogens is 2. The molecule has 1 unspecified atom stereocenters. The third-order valence-corrected chi connectivity index (χ3v) is 4.42. The molecule has 1 aromatic rings. The van der Waals surface area contributed by atoms with Crippen molar-refractivity contribution in [1.29, 1.82) is 0 Å². The van der Waals surface area contributed by atoms with Gasteiger partial charge in [-0.1, -0.05) is 13.8 Å². The Morgan fingerprint density at radius 3 is 2.82 bits per heavy atom. The summed E-state index contributed by atoms with van der Waals surface area (Å²) in [7, 11) is 0. The van der Waals surface area contributed by atoms with Crippen LogP contribution in [0, 0.1) is 0 Å². The summed E-state index contributed by atoms with van der Waals surface area (Å²) < 4.78 is 3.20. The average Bonchev–Trinajstić information content (AvgIpc) is 2.69. The van der Waals surface area contributed by atoms with E-state index in [0.717, 1.165) is 36.1 Å². The summed E-state index contributed by atoms with van der Waals surface area (Å²) in [5.74, 6) is 1.64. The lowest BCUT2D eigenvalue weighted by Gasteiger charge is -2.24. The monoisotopic (exact) mass is 300 g/mol. The number of anilines is 1. The Kier molecular flexibility index (Phi) is 4.09. The topological polar surface area (TPSA) is 55.9 Å². The van der Waals surface area contributed by atoms with Gasteiger partial charge in [-0.3, -0.25) is 0 Å². The highest BCUT2D eigenvalue weighted by Gasteiger charge is 2.26. The van der Waals surface area contributed by atoms with Crippen LogP contribution in [0.15, 0.2) is 4.47 Å². The van der Waals surface area contributed by atoms with Crippen LogP contribution in [0.3, 0.4) is 0 Å². The number of halogens is 1. The first-order valence-electron chi connectivity index (χ1n) is 6.44. The minimum Gasteiger partial charge on any atom is -0.369 e. The van der Waals surface area contributed by atoms with Gasteiger partial charge in [0.15, 0.2) is 0 Å². The van der Waals surface area contributed by atoms with Crippen LogP contribution in [0.1, 0.15) is 50.8 Å². The zero-order valence-electron chi connectivity index (χ0n) is 10.5. The van der Waals surface area contributed by atoms with Crippen molar-refractivity contribution < 1.29 is 0 Å². The standard InChI is InChI=1S/C12H21BrN4/c1-3-8(4-2)11-10(13)12-15-6-5-9(7-14)17(12)16-11/h8-9,15H,3-7,14H2,1-2H3. The van der Waals surface area contributed by atoms with Gasteiger partial charge in [0.2, 0.25) is 0 Å². The van der Waals surface area contributed by atoms with Gasteiger partial charge in [0, 0.05) is 19.0 Å². The van der Waals surface area contributed by atoms with Gasteiger partial charge in [-0.2, -0.15) is 5.10 Å². The van der Waals surface area contributed by atoms with Gasteiger partial charge in [-0.15, -0.1) is 0 Å². The molecule has 1 aliphatic heterocycles. The van der Waals surface area contributed by atoms with Crippen molar-refractivity contribution in [1.82, 2.24) is 9.78 Å². The van der Waals surface area contributed by atoms with Gasteiger partial charge < -0.3 is 11.1 Å². The smallest absolute Gasteiger partial charge is 0.139 e. The van der Waals surface area contributed by atoms with Gasteiger partial charge >= 0.3 is 0 Å². The van der Waals surface area contributed by atoms with Gasteiger partial charge in [-0.05, 0) is 35.2 Å². The number of fused-ring (bicyclic) bond motifs is 1. The molecule has 0 fully saturated rings. The van der Waals surface area contributed by atoms with Gasteiger partial charge in [0.05, 0.1) is 16.2 Å². The Balaban J connectivity index is 2.40. The molecule has 0 aliphatic carbocycles. The Labute approximate surface area is 111 Å². The van der Waals surface area contributed by atoms with Crippen molar-refractivity contribution in [2.75, 3.05) is 18.4 Å². The predicted molar refractivity (Wildman–Crippen MR) is 74.4 cm³/mol. The lowest BCUT2D eigenvalue weighted by atomic mass is 10.00. The number of nitrogens with one attached hydrogen (secondary N) is 1. The third kappa shape index (κ3) is 2.22. The molecule has 0 saturated carbocycles. The molecule has 0 aromatic carbocycles. The summed E-state index contributed by atoms with van der Waals surface area (Å²) >= 11 is 3.69. The molecular weight excluding hydrogens is 280 g/mol. The van der Waals surface area contributed by atoms with E-state index >= 15 is 0 Å². The summed E-state index contributed by atoms with van der Waals surface area (Å²) in [6.45, 7) is 6.07. The van der Waals surface area contributed by atoms with Crippen LogP contribution in [-0.4, -0.2) is 22.9 Å². The fraction of sp³-hybridized carbons (Fsp3) is 0.750. The maximum absolute atomic E-state index is 5.81. The lowest BCUT2D eigenvalue weighted by Crippen LogP contribution is -2.28. The maximum atomic E-state index is 5.81. The molecule has 3 N–H and O–H groups in total. The quantitative estimate of drug-likeness (QED) is 0.899. The van der Waals surface area contributed by atoms with Gasteiger partial charge in [0.1, 0.15) is 5.82 Å². The SMILES string of the molecule is CCC(CC)c1nn2c(c1Br)NCCC2CN. The number of hydrogen-bond acceptors (Lipinski definition) is 3. The maximum Gasteiger partial charge on any atom is 0.139 e. The highest BCUT2D eigenvalue weighted by atomic mass is 79.9. The van der Waals surface area contributed by atoms with Gasteiger partial charge in [-0.25, -0.2) is 4.68 Å². The van der Waals surface area contributed by atoms with E-state index in [9.17, 15) is 0 Å². The zero-order valence-corrected chi connectivity index (χ0v) is 12.1. The zero-order chi connectivity index (χ0) is 12.4. The van der Waals surface area contributed by atoms with E-state index in [1.807, 2.05) is 0 Å². The first kappa shape index (κ1) is 12.9. The minimum absolute atomic E-state index is 0.339. The molecule has 17 heavy (non-hydrogen) atoms. The van der Waals surface area contributed by atoms with Crippen LogP contribution in [0.5, 0.6) is 0 Å². The van der Waals surface area contributed by atoms with Crippen LogP contribution < -0.4 is 11.1 Å². The second-order valence-electron chi connectivity index (χ2n) is 4.61. The minimum atomic E-state index is 0.339. The Morgan fingerprint density at radius 1 is 1.53 bits per heavy atom. The molecular formula is C12H21BrN4.